The van der Waals surface area contributed by atoms with Crippen LogP contribution in [0.15, 0.2) is 12.1 Å². The number of rotatable bonds is 6. The first-order valence-electron chi connectivity index (χ1n) is 10.5. The van der Waals surface area contributed by atoms with Crippen LogP contribution in [0.5, 0.6) is 0 Å². The van der Waals surface area contributed by atoms with E-state index in [9.17, 15) is 9.59 Å². The highest BCUT2D eigenvalue weighted by Crippen LogP contribution is 2.33. The van der Waals surface area contributed by atoms with Gasteiger partial charge in [0.15, 0.2) is 0 Å². The summed E-state index contributed by atoms with van der Waals surface area (Å²) in [4.78, 5) is 24.6. The topological polar surface area (TPSA) is 76.7 Å². The van der Waals surface area contributed by atoms with Gasteiger partial charge in [0, 0.05) is 12.1 Å². The third kappa shape index (κ3) is 4.97. The highest BCUT2D eigenvalue weighted by atomic mass is 16.5. The van der Waals surface area contributed by atoms with Crippen molar-refractivity contribution >= 4 is 23.3 Å². The summed E-state index contributed by atoms with van der Waals surface area (Å²) in [5.74, 6) is -1.06. The molecule has 0 bridgehead atoms. The first kappa shape index (κ1) is 20.5. The molecule has 6 nitrogen and oxygen atoms in total. The molecule has 2 aliphatic carbocycles. The molecule has 0 unspecified atom stereocenters. The monoisotopic (exact) mass is 388 g/mol. The quantitative estimate of drug-likeness (QED) is 0.685. The molecule has 2 N–H and O–H groups in total. The number of anilines is 2. The van der Waals surface area contributed by atoms with E-state index in [0.29, 0.717) is 12.1 Å². The summed E-state index contributed by atoms with van der Waals surface area (Å²) in [5, 5.41) is 7.24. The summed E-state index contributed by atoms with van der Waals surface area (Å²) in [6, 6.07) is 4.26. The number of carbonyl (C=O) groups excluding carboxylic acids is 2. The Kier molecular flexibility index (Phi) is 7.18. The van der Waals surface area contributed by atoms with Crippen LogP contribution in [0.2, 0.25) is 0 Å². The van der Waals surface area contributed by atoms with E-state index in [0.717, 1.165) is 37.1 Å². The standard InChI is InChI=1S/C22H32N2O4/c1-27-21(25)17-13-19(23-15-9-5-3-6-10-15)20(14-18(17)22(26)28-2)24-16-11-7-4-8-12-16/h13-16,23-24H,3-12H2,1-2H3. The number of benzene rings is 1. The predicted octanol–water partition coefficient (Wildman–Crippen LogP) is 4.75. The lowest BCUT2D eigenvalue weighted by Crippen LogP contribution is -2.26. The summed E-state index contributed by atoms with van der Waals surface area (Å²) in [5.41, 5.74) is 2.21. The Balaban J connectivity index is 1.96. The molecule has 3 rings (SSSR count). The number of hydrogen-bond acceptors (Lipinski definition) is 6. The smallest absolute Gasteiger partial charge is 0.338 e. The molecule has 1 aromatic carbocycles. The van der Waals surface area contributed by atoms with Gasteiger partial charge in [-0.1, -0.05) is 38.5 Å². The molecule has 0 aromatic heterocycles. The van der Waals surface area contributed by atoms with Crippen LogP contribution >= 0.6 is 0 Å². The maximum atomic E-state index is 12.3. The van der Waals surface area contributed by atoms with E-state index in [1.54, 1.807) is 12.1 Å². The number of nitrogens with one attached hydrogen (secondary N) is 2. The average molecular weight is 389 g/mol. The Morgan fingerprint density at radius 1 is 0.714 bits per heavy atom. The third-order valence-electron chi connectivity index (χ3n) is 5.90. The molecular weight excluding hydrogens is 356 g/mol. The fraction of sp³-hybridized carbons (Fsp3) is 0.636. The fourth-order valence-corrected chi connectivity index (χ4v) is 4.33. The molecule has 1 aromatic rings. The average Bonchev–Trinajstić information content (AvgIpc) is 2.75. The molecule has 0 radical (unpaired) electrons. The second kappa shape index (κ2) is 9.80. The number of carbonyl (C=O) groups is 2. The highest BCUT2D eigenvalue weighted by molar-refractivity contribution is 6.05. The maximum Gasteiger partial charge on any atom is 0.338 e. The summed E-state index contributed by atoms with van der Waals surface area (Å²) in [7, 11) is 2.65. The van der Waals surface area contributed by atoms with Gasteiger partial charge >= 0.3 is 11.9 Å². The Hall–Kier alpha value is -2.24. The van der Waals surface area contributed by atoms with Crippen molar-refractivity contribution in [2.24, 2.45) is 0 Å². The zero-order valence-electron chi connectivity index (χ0n) is 17.0. The molecular formula is C22H32N2O4. The Labute approximate surface area is 167 Å². The van der Waals surface area contributed by atoms with Gasteiger partial charge in [-0.15, -0.1) is 0 Å². The molecule has 154 valence electrons. The van der Waals surface area contributed by atoms with Crippen LogP contribution in [0, 0.1) is 0 Å². The van der Waals surface area contributed by atoms with Gasteiger partial charge in [-0.2, -0.15) is 0 Å². The summed E-state index contributed by atoms with van der Waals surface area (Å²) in [6.07, 6.45) is 11.9. The second-order valence-corrected chi connectivity index (χ2v) is 7.89. The largest absolute Gasteiger partial charge is 0.465 e. The van der Waals surface area contributed by atoms with Crippen molar-refractivity contribution in [1.82, 2.24) is 0 Å². The van der Waals surface area contributed by atoms with E-state index < -0.39 is 11.9 Å². The van der Waals surface area contributed by atoms with Crippen LogP contribution in [-0.2, 0) is 9.47 Å². The molecule has 2 saturated carbocycles. The molecule has 6 heteroatoms. The summed E-state index contributed by atoms with van der Waals surface area (Å²) in [6.45, 7) is 0. The Morgan fingerprint density at radius 3 is 1.39 bits per heavy atom. The minimum Gasteiger partial charge on any atom is -0.465 e. The molecule has 2 fully saturated rings. The lowest BCUT2D eigenvalue weighted by atomic mass is 9.93. The Morgan fingerprint density at radius 2 is 1.07 bits per heavy atom. The Bertz CT molecular complexity index is 633. The van der Waals surface area contributed by atoms with Gasteiger partial charge < -0.3 is 20.1 Å². The number of ether oxygens (including phenoxy) is 2. The second-order valence-electron chi connectivity index (χ2n) is 7.89. The van der Waals surface area contributed by atoms with E-state index in [2.05, 4.69) is 10.6 Å². The van der Waals surface area contributed by atoms with E-state index in [-0.39, 0.29) is 11.1 Å². The van der Waals surface area contributed by atoms with Crippen LogP contribution in [-0.4, -0.2) is 38.2 Å². The minimum atomic E-state index is -0.531. The van der Waals surface area contributed by atoms with E-state index >= 15 is 0 Å². The number of esters is 2. The molecule has 2 aliphatic rings. The van der Waals surface area contributed by atoms with E-state index in [4.69, 9.17) is 9.47 Å². The first-order valence-corrected chi connectivity index (χ1v) is 10.5. The van der Waals surface area contributed by atoms with Gasteiger partial charge in [0.2, 0.25) is 0 Å². The molecule has 0 amide bonds. The van der Waals surface area contributed by atoms with Crippen LogP contribution in [0.4, 0.5) is 11.4 Å². The third-order valence-corrected chi connectivity index (χ3v) is 5.90. The lowest BCUT2D eigenvalue weighted by Gasteiger charge is -2.29. The summed E-state index contributed by atoms with van der Waals surface area (Å²) < 4.78 is 9.82. The molecule has 0 aliphatic heterocycles. The van der Waals surface area contributed by atoms with Crippen molar-refractivity contribution in [3.05, 3.63) is 23.3 Å². The van der Waals surface area contributed by atoms with Gasteiger partial charge in [-0.3, -0.25) is 0 Å². The molecule has 0 saturated heterocycles. The number of hydrogen-bond donors (Lipinski definition) is 2. The van der Waals surface area contributed by atoms with Crippen molar-refractivity contribution in [1.29, 1.82) is 0 Å². The van der Waals surface area contributed by atoms with Crippen molar-refractivity contribution in [2.45, 2.75) is 76.3 Å². The molecule has 0 atom stereocenters. The van der Waals surface area contributed by atoms with Crippen LogP contribution in [0.3, 0.4) is 0 Å². The molecule has 0 spiro atoms. The lowest BCUT2D eigenvalue weighted by molar-refractivity contribution is 0.0555. The van der Waals surface area contributed by atoms with E-state index in [1.807, 2.05) is 0 Å². The zero-order chi connectivity index (χ0) is 19.9. The summed E-state index contributed by atoms with van der Waals surface area (Å²) >= 11 is 0. The maximum absolute atomic E-state index is 12.3. The SMILES string of the molecule is COC(=O)c1cc(NC2CCCCC2)c(NC2CCCCC2)cc1C(=O)OC. The van der Waals surface area contributed by atoms with Gasteiger partial charge in [0.25, 0.3) is 0 Å². The highest BCUT2D eigenvalue weighted by Gasteiger charge is 2.24. The number of methoxy groups -OCH3 is 2. The van der Waals surface area contributed by atoms with Gasteiger partial charge in [0.1, 0.15) is 0 Å². The molecule has 0 heterocycles. The van der Waals surface area contributed by atoms with Crippen molar-refractivity contribution in [2.75, 3.05) is 24.9 Å². The van der Waals surface area contributed by atoms with Crippen LogP contribution in [0.1, 0.15) is 84.9 Å². The normalized spacial score (nSPS) is 18.4. The zero-order valence-corrected chi connectivity index (χ0v) is 17.0. The van der Waals surface area contributed by atoms with Crippen molar-refractivity contribution < 1.29 is 19.1 Å². The first-order chi connectivity index (χ1) is 13.6. The minimum absolute atomic E-state index is 0.238. The molecule has 28 heavy (non-hydrogen) atoms. The fourth-order valence-electron chi connectivity index (χ4n) is 4.33. The van der Waals surface area contributed by atoms with Gasteiger partial charge in [0.05, 0.1) is 36.7 Å². The van der Waals surface area contributed by atoms with Crippen molar-refractivity contribution in [3.8, 4) is 0 Å². The van der Waals surface area contributed by atoms with Gasteiger partial charge in [-0.25, -0.2) is 9.59 Å². The van der Waals surface area contributed by atoms with Gasteiger partial charge in [-0.05, 0) is 37.8 Å². The van der Waals surface area contributed by atoms with Crippen molar-refractivity contribution in [3.63, 3.8) is 0 Å². The van der Waals surface area contributed by atoms with Crippen LogP contribution in [0.25, 0.3) is 0 Å². The van der Waals surface area contributed by atoms with Crippen LogP contribution < -0.4 is 10.6 Å². The predicted molar refractivity (Wildman–Crippen MR) is 110 cm³/mol. The van der Waals surface area contributed by atoms with E-state index in [1.165, 1.54) is 52.7 Å².